The molecule has 0 saturated heterocycles. The van der Waals surface area contributed by atoms with E-state index in [9.17, 15) is 0 Å². The number of fused-ring (bicyclic) bond motifs is 1. The fourth-order valence-electron chi connectivity index (χ4n) is 3.01. The van der Waals surface area contributed by atoms with E-state index in [1.807, 2.05) is 30.3 Å². The van der Waals surface area contributed by atoms with Crippen molar-refractivity contribution < 1.29 is 4.74 Å². The molecule has 2 heterocycles. The molecular formula is C21H16N6O. The van der Waals surface area contributed by atoms with Gasteiger partial charge in [0.05, 0.1) is 22.5 Å². The average molecular weight is 368 g/mol. The summed E-state index contributed by atoms with van der Waals surface area (Å²) in [6, 6.07) is 18.7. The van der Waals surface area contributed by atoms with Gasteiger partial charge in [0.25, 0.3) is 0 Å². The molecule has 1 aliphatic carbocycles. The van der Waals surface area contributed by atoms with Crippen LogP contribution in [0, 0.1) is 11.3 Å². The molecule has 28 heavy (non-hydrogen) atoms. The third-order valence-electron chi connectivity index (χ3n) is 4.62. The molecule has 1 aliphatic rings. The summed E-state index contributed by atoms with van der Waals surface area (Å²) < 4.78 is 5.99. The Labute approximate surface area is 161 Å². The summed E-state index contributed by atoms with van der Waals surface area (Å²) in [5.41, 5.74) is 2.48. The van der Waals surface area contributed by atoms with E-state index in [1.165, 1.54) is 12.8 Å². The van der Waals surface area contributed by atoms with Crippen LogP contribution in [-0.2, 0) is 0 Å². The Morgan fingerprint density at radius 3 is 2.68 bits per heavy atom. The fraction of sp³-hybridized carbons (Fsp3) is 0.143. The molecule has 0 amide bonds. The Hall–Kier alpha value is -3.92. The van der Waals surface area contributed by atoms with Gasteiger partial charge in [0.1, 0.15) is 5.75 Å². The first-order valence-corrected chi connectivity index (χ1v) is 9.05. The zero-order valence-electron chi connectivity index (χ0n) is 14.9. The van der Waals surface area contributed by atoms with Crippen molar-refractivity contribution in [2.24, 2.45) is 0 Å². The summed E-state index contributed by atoms with van der Waals surface area (Å²) in [5.74, 6) is 2.73. The zero-order valence-corrected chi connectivity index (χ0v) is 14.9. The molecular weight excluding hydrogens is 352 g/mol. The maximum atomic E-state index is 8.95. The summed E-state index contributed by atoms with van der Waals surface area (Å²) in [7, 11) is 0. The van der Waals surface area contributed by atoms with Crippen molar-refractivity contribution in [3.05, 3.63) is 65.9 Å². The summed E-state index contributed by atoms with van der Waals surface area (Å²) >= 11 is 0. The van der Waals surface area contributed by atoms with Crippen molar-refractivity contribution in [2.45, 2.75) is 18.8 Å². The minimum Gasteiger partial charge on any atom is -0.438 e. The van der Waals surface area contributed by atoms with Crippen molar-refractivity contribution in [3.63, 3.8) is 0 Å². The number of anilines is 2. The second-order valence-corrected chi connectivity index (χ2v) is 6.72. The normalized spacial score (nSPS) is 13.2. The van der Waals surface area contributed by atoms with Crippen LogP contribution in [-0.4, -0.2) is 20.2 Å². The molecule has 0 spiro atoms. The van der Waals surface area contributed by atoms with Crippen molar-refractivity contribution in [1.82, 2.24) is 20.2 Å². The third-order valence-corrected chi connectivity index (χ3v) is 4.62. The standard InChI is InChI=1S/C21H16N6O/c22-12-13-5-9-15(10-6-13)28-20-16-3-1-2-4-17(16)23-21(25-20)24-19-11-18(26-27-19)14-7-8-14/h1-6,9-11,14H,7-8H2,(H2,23,24,25,26,27). The van der Waals surface area contributed by atoms with Gasteiger partial charge in [-0.2, -0.15) is 15.3 Å². The van der Waals surface area contributed by atoms with E-state index in [4.69, 9.17) is 10.00 Å². The monoisotopic (exact) mass is 368 g/mol. The molecule has 2 aromatic heterocycles. The number of nitrogens with zero attached hydrogens (tertiary/aromatic N) is 4. The summed E-state index contributed by atoms with van der Waals surface area (Å²) in [5, 5.41) is 20.3. The highest BCUT2D eigenvalue weighted by molar-refractivity contribution is 5.85. The van der Waals surface area contributed by atoms with E-state index in [2.05, 4.69) is 31.6 Å². The van der Waals surface area contributed by atoms with Crippen molar-refractivity contribution in [2.75, 3.05) is 5.32 Å². The van der Waals surface area contributed by atoms with Crippen LogP contribution in [0.1, 0.15) is 30.0 Å². The van der Waals surface area contributed by atoms with Gasteiger partial charge >= 0.3 is 0 Å². The molecule has 0 bridgehead atoms. The first kappa shape index (κ1) is 16.3. The van der Waals surface area contributed by atoms with Crippen LogP contribution in [0.15, 0.2) is 54.6 Å². The van der Waals surface area contributed by atoms with E-state index in [0.29, 0.717) is 34.9 Å². The first-order chi connectivity index (χ1) is 13.8. The van der Waals surface area contributed by atoms with Crippen LogP contribution in [0.4, 0.5) is 11.8 Å². The number of para-hydroxylation sites is 1. The van der Waals surface area contributed by atoms with Crippen LogP contribution in [0.25, 0.3) is 10.9 Å². The summed E-state index contributed by atoms with van der Waals surface area (Å²) in [6.07, 6.45) is 2.41. The lowest BCUT2D eigenvalue weighted by Gasteiger charge is -2.10. The van der Waals surface area contributed by atoms with Gasteiger partial charge in [-0.3, -0.25) is 5.10 Å². The predicted octanol–water partition coefficient (Wildman–Crippen LogP) is 4.64. The largest absolute Gasteiger partial charge is 0.438 e. The predicted molar refractivity (Wildman–Crippen MR) is 105 cm³/mol. The maximum Gasteiger partial charge on any atom is 0.232 e. The lowest BCUT2D eigenvalue weighted by Crippen LogP contribution is -2.00. The molecule has 4 aromatic rings. The molecule has 7 nitrogen and oxygen atoms in total. The van der Waals surface area contributed by atoms with Gasteiger partial charge < -0.3 is 10.1 Å². The SMILES string of the molecule is N#Cc1ccc(Oc2nc(Nc3cc(C4CC4)[nH]n3)nc3ccccc23)cc1. The van der Waals surface area contributed by atoms with Crippen molar-refractivity contribution in [3.8, 4) is 17.7 Å². The lowest BCUT2D eigenvalue weighted by molar-refractivity contribution is 0.469. The Bertz CT molecular complexity index is 1190. The number of ether oxygens (including phenoxy) is 1. The fourth-order valence-corrected chi connectivity index (χ4v) is 3.01. The topological polar surface area (TPSA) is 99.5 Å². The molecule has 7 heteroatoms. The van der Waals surface area contributed by atoms with Gasteiger partial charge in [-0.25, -0.2) is 4.98 Å². The Morgan fingerprint density at radius 2 is 1.89 bits per heavy atom. The van der Waals surface area contributed by atoms with Crippen LogP contribution in [0.2, 0.25) is 0 Å². The molecule has 1 fully saturated rings. The summed E-state index contributed by atoms with van der Waals surface area (Å²) in [6.45, 7) is 0. The Morgan fingerprint density at radius 1 is 1.07 bits per heavy atom. The zero-order chi connectivity index (χ0) is 18.9. The molecule has 2 N–H and O–H groups in total. The van der Waals surface area contributed by atoms with Gasteiger partial charge in [-0.05, 0) is 49.2 Å². The molecule has 136 valence electrons. The van der Waals surface area contributed by atoms with Gasteiger partial charge in [-0.15, -0.1) is 0 Å². The Kier molecular flexibility index (Phi) is 3.87. The van der Waals surface area contributed by atoms with Gasteiger partial charge in [0.15, 0.2) is 5.82 Å². The van der Waals surface area contributed by atoms with Crippen LogP contribution in [0.3, 0.4) is 0 Å². The van der Waals surface area contributed by atoms with E-state index in [-0.39, 0.29) is 0 Å². The van der Waals surface area contributed by atoms with Crippen LogP contribution in [0.5, 0.6) is 11.6 Å². The molecule has 0 aliphatic heterocycles. The quantitative estimate of drug-likeness (QED) is 0.532. The van der Waals surface area contributed by atoms with Gasteiger partial charge in [0, 0.05) is 17.7 Å². The Balaban J connectivity index is 1.48. The second-order valence-electron chi connectivity index (χ2n) is 6.72. The van der Waals surface area contributed by atoms with Crippen LogP contribution < -0.4 is 10.1 Å². The third kappa shape index (κ3) is 3.23. The van der Waals surface area contributed by atoms with Gasteiger partial charge in [0.2, 0.25) is 11.8 Å². The van der Waals surface area contributed by atoms with Gasteiger partial charge in [-0.1, -0.05) is 12.1 Å². The summed E-state index contributed by atoms with van der Waals surface area (Å²) in [4.78, 5) is 9.11. The van der Waals surface area contributed by atoms with E-state index in [1.54, 1.807) is 24.3 Å². The molecule has 2 aromatic carbocycles. The average Bonchev–Trinajstić information content (AvgIpc) is 3.48. The highest BCUT2D eigenvalue weighted by Gasteiger charge is 2.25. The maximum absolute atomic E-state index is 8.95. The highest BCUT2D eigenvalue weighted by Crippen LogP contribution is 2.39. The number of rotatable bonds is 5. The number of nitriles is 1. The number of H-pyrrole nitrogens is 1. The molecule has 5 rings (SSSR count). The number of nitrogens with one attached hydrogen (secondary N) is 2. The van der Waals surface area contributed by atoms with E-state index < -0.39 is 0 Å². The van der Waals surface area contributed by atoms with Crippen LogP contribution >= 0.6 is 0 Å². The minimum atomic E-state index is 0.413. The number of benzene rings is 2. The smallest absolute Gasteiger partial charge is 0.232 e. The van der Waals surface area contributed by atoms with Crippen molar-refractivity contribution >= 4 is 22.7 Å². The first-order valence-electron chi connectivity index (χ1n) is 9.05. The molecule has 0 atom stereocenters. The lowest BCUT2D eigenvalue weighted by atomic mass is 10.2. The highest BCUT2D eigenvalue weighted by atomic mass is 16.5. The number of hydrogen-bond acceptors (Lipinski definition) is 6. The number of aromatic nitrogens is 4. The molecule has 0 radical (unpaired) electrons. The number of hydrogen-bond donors (Lipinski definition) is 2. The minimum absolute atomic E-state index is 0.413. The molecule has 0 unspecified atom stereocenters. The molecule has 1 saturated carbocycles. The van der Waals surface area contributed by atoms with Crippen molar-refractivity contribution in [1.29, 1.82) is 5.26 Å². The number of aromatic amines is 1. The second kappa shape index (κ2) is 6.67. The van der Waals surface area contributed by atoms with E-state index >= 15 is 0 Å². The van der Waals surface area contributed by atoms with E-state index in [0.717, 1.165) is 16.6 Å².